The van der Waals surface area contributed by atoms with E-state index in [1.807, 2.05) is 76.6 Å². The number of nitrogens with zero attached hydrogens (tertiary/aromatic N) is 2. The molecule has 0 spiro atoms. The van der Waals surface area contributed by atoms with Gasteiger partial charge in [0.1, 0.15) is 0 Å². The number of aliphatic imine (C=N–C) groups is 2. The Hall–Kier alpha value is -4.26. The molecule has 1 aromatic heterocycles. The fraction of sp³-hybridized carbons (Fsp3) is 0.154. The smallest absolute Gasteiger partial charge is 0.178 e. The molecular formula is C26H31N7. The average molecular weight is 442 g/mol. The van der Waals surface area contributed by atoms with Crippen LogP contribution in [0.1, 0.15) is 27.9 Å². The average Bonchev–Trinajstić information content (AvgIpc) is 3.20. The van der Waals surface area contributed by atoms with E-state index < -0.39 is 0 Å². The summed E-state index contributed by atoms with van der Waals surface area (Å²) in [6.45, 7) is 12.3. The first-order valence-electron chi connectivity index (χ1n) is 10.6. The Kier molecular flexibility index (Phi) is 7.35. The van der Waals surface area contributed by atoms with Crippen LogP contribution in [-0.4, -0.2) is 31.3 Å². The van der Waals surface area contributed by atoms with Crippen molar-refractivity contribution in [3.05, 3.63) is 89.8 Å². The first-order chi connectivity index (χ1) is 15.9. The van der Waals surface area contributed by atoms with E-state index >= 15 is 0 Å². The van der Waals surface area contributed by atoms with Crippen molar-refractivity contribution in [3.8, 4) is 0 Å². The van der Waals surface area contributed by atoms with Crippen molar-refractivity contribution in [2.75, 3.05) is 24.7 Å². The second-order valence-electron chi connectivity index (χ2n) is 7.58. The monoisotopic (exact) mass is 441 g/mol. The highest BCUT2D eigenvalue weighted by Crippen LogP contribution is 2.28. The molecule has 2 aromatic carbocycles. The van der Waals surface area contributed by atoms with Gasteiger partial charge in [0.15, 0.2) is 5.84 Å². The highest BCUT2D eigenvalue weighted by atomic mass is 15.0. The van der Waals surface area contributed by atoms with Gasteiger partial charge in [0, 0.05) is 48.6 Å². The first kappa shape index (κ1) is 23.4. The Balaban J connectivity index is 1.96. The third-order valence-corrected chi connectivity index (χ3v) is 5.42. The van der Waals surface area contributed by atoms with E-state index in [-0.39, 0.29) is 0 Å². The lowest BCUT2D eigenvalue weighted by Crippen LogP contribution is -2.06. The molecule has 0 radical (unpaired) electrons. The van der Waals surface area contributed by atoms with Gasteiger partial charge in [-0.2, -0.15) is 0 Å². The molecule has 3 aromatic rings. The number of benzene rings is 2. The van der Waals surface area contributed by atoms with Crippen molar-refractivity contribution in [2.45, 2.75) is 13.8 Å². The molecule has 0 aliphatic heterocycles. The Bertz CT molecular complexity index is 1230. The Morgan fingerprint density at radius 2 is 1.79 bits per heavy atom. The van der Waals surface area contributed by atoms with Gasteiger partial charge in [0.05, 0.1) is 17.7 Å². The zero-order chi connectivity index (χ0) is 24.0. The summed E-state index contributed by atoms with van der Waals surface area (Å²) in [5, 5.41) is 9.58. The number of nitrogens with one attached hydrogen (secondary N) is 4. The van der Waals surface area contributed by atoms with Crippen LogP contribution in [0.4, 0.5) is 17.1 Å². The van der Waals surface area contributed by atoms with E-state index in [0.717, 1.165) is 56.4 Å². The molecule has 7 nitrogen and oxygen atoms in total. The molecule has 33 heavy (non-hydrogen) atoms. The maximum Gasteiger partial charge on any atom is 0.178 e. The number of aryl methyl sites for hydroxylation is 1. The predicted molar refractivity (Wildman–Crippen MR) is 142 cm³/mol. The van der Waals surface area contributed by atoms with E-state index in [4.69, 9.17) is 10.7 Å². The van der Waals surface area contributed by atoms with Gasteiger partial charge >= 0.3 is 0 Å². The number of aromatic amines is 1. The third kappa shape index (κ3) is 5.33. The second kappa shape index (κ2) is 10.4. The maximum atomic E-state index is 5.64. The van der Waals surface area contributed by atoms with Gasteiger partial charge in [-0.1, -0.05) is 31.4 Å². The minimum absolute atomic E-state index is 0.491. The lowest BCUT2D eigenvalue weighted by atomic mass is 10.1. The van der Waals surface area contributed by atoms with Gasteiger partial charge in [0.2, 0.25) is 0 Å². The van der Waals surface area contributed by atoms with Gasteiger partial charge in [-0.3, -0.25) is 0 Å². The standard InChI is InChI=1S/C26H31N7/c1-16-10-11-20(18(3)32-22-9-7-8-21(13-22)29-6)12-24(16)33-26(31-15-27)25-17(2)23(14-30-25)19(4)28-5/h7-15,28-30,32H,3-4H2,1-2,5-6H3,(H2,27,31,33). The van der Waals surface area contributed by atoms with Crippen LogP contribution in [0.15, 0.2) is 71.8 Å². The quantitative estimate of drug-likeness (QED) is 0.250. The lowest BCUT2D eigenvalue weighted by Gasteiger charge is -2.13. The van der Waals surface area contributed by atoms with Crippen molar-refractivity contribution >= 4 is 40.6 Å². The van der Waals surface area contributed by atoms with Crippen LogP contribution in [0.25, 0.3) is 11.4 Å². The van der Waals surface area contributed by atoms with Crippen LogP contribution in [-0.2, 0) is 0 Å². The van der Waals surface area contributed by atoms with E-state index in [0.29, 0.717) is 5.84 Å². The number of anilines is 2. The second-order valence-corrected chi connectivity index (χ2v) is 7.58. The molecular weight excluding hydrogens is 410 g/mol. The summed E-state index contributed by atoms with van der Waals surface area (Å²) in [4.78, 5) is 12.4. The Labute approximate surface area is 195 Å². The number of aromatic nitrogens is 1. The number of rotatable bonds is 8. The summed E-state index contributed by atoms with van der Waals surface area (Å²) in [7, 11) is 3.73. The SMILES string of the molecule is C=C(Nc1cccc(NC)c1)c1ccc(C)c(N=C(N=CN)c2[nH]cc(C(=C)NC)c2C)c1. The van der Waals surface area contributed by atoms with Crippen molar-refractivity contribution < 1.29 is 0 Å². The summed E-state index contributed by atoms with van der Waals surface area (Å²) in [6, 6.07) is 14.0. The minimum Gasteiger partial charge on any atom is -0.390 e. The molecule has 1 heterocycles. The molecule has 7 heteroatoms. The summed E-state index contributed by atoms with van der Waals surface area (Å²) in [5.74, 6) is 0.491. The molecule has 170 valence electrons. The van der Waals surface area contributed by atoms with Gasteiger partial charge in [0.25, 0.3) is 0 Å². The number of hydrogen-bond acceptors (Lipinski definition) is 4. The molecule has 0 fully saturated rings. The van der Waals surface area contributed by atoms with Crippen molar-refractivity contribution in [3.63, 3.8) is 0 Å². The number of nitrogens with two attached hydrogens (primary N) is 1. The molecule has 0 aliphatic carbocycles. The van der Waals surface area contributed by atoms with E-state index in [1.165, 1.54) is 6.34 Å². The van der Waals surface area contributed by atoms with Crippen molar-refractivity contribution in [1.82, 2.24) is 10.3 Å². The molecule has 0 aliphatic rings. The van der Waals surface area contributed by atoms with Crippen LogP contribution < -0.4 is 21.7 Å². The normalized spacial score (nSPS) is 11.5. The van der Waals surface area contributed by atoms with Crippen LogP contribution >= 0.6 is 0 Å². The van der Waals surface area contributed by atoms with Crippen LogP contribution in [0.3, 0.4) is 0 Å². The molecule has 6 N–H and O–H groups in total. The summed E-state index contributed by atoms with van der Waals surface area (Å²) < 4.78 is 0. The first-order valence-corrected chi connectivity index (χ1v) is 10.6. The lowest BCUT2D eigenvalue weighted by molar-refractivity contribution is 1.13. The zero-order valence-corrected chi connectivity index (χ0v) is 19.6. The maximum absolute atomic E-state index is 5.64. The molecule has 0 saturated heterocycles. The number of amidine groups is 1. The summed E-state index contributed by atoms with van der Waals surface area (Å²) in [6.07, 6.45) is 3.14. The van der Waals surface area contributed by atoms with Crippen LogP contribution in [0.2, 0.25) is 0 Å². The van der Waals surface area contributed by atoms with Crippen molar-refractivity contribution in [2.24, 2.45) is 15.7 Å². The van der Waals surface area contributed by atoms with Crippen molar-refractivity contribution in [1.29, 1.82) is 0 Å². The Morgan fingerprint density at radius 1 is 1.03 bits per heavy atom. The molecule has 0 atom stereocenters. The zero-order valence-electron chi connectivity index (χ0n) is 19.6. The summed E-state index contributed by atoms with van der Waals surface area (Å²) >= 11 is 0. The Morgan fingerprint density at radius 3 is 2.48 bits per heavy atom. The number of H-pyrrole nitrogens is 1. The van der Waals surface area contributed by atoms with Gasteiger partial charge in [-0.15, -0.1) is 0 Å². The highest BCUT2D eigenvalue weighted by molar-refractivity contribution is 6.04. The molecule has 0 unspecified atom stereocenters. The minimum atomic E-state index is 0.491. The van der Waals surface area contributed by atoms with Gasteiger partial charge in [-0.25, -0.2) is 9.98 Å². The molecule has 3 rings (SSSR count). The topological polar surface area (TPSA) is 103 Å². The molecule has 0 amide bonds. The molecule has 0 saturated carbocycles. The van der Waals surface area contributed by atoms with Gasteiger partial charge in [-0.05, 0) is 54.8 Å². The van der Waals surface area contributed by atoms with Gasteiger partial charge < -0.3 is 26.7 Å². The number of hydrogen-bond donors (Lipinski definition) is 5. The fourth-order valence-corrected chi connectivity index (χ4v) is 3.43. The van der Waals surface area contributed by atoms with E-state index in [2.05, 4.69) is 39.1 Å². The van der Waals surface area contributed by atoms with E-state index in [9.17, 15) is 0 Å². The summed E-state index contributed by atoms with van der Waals surface area (Å²) in [5.41, 5.74) is 14.7. The fourth-order valence-electron chi connectivity index (χ4n) is 3.43. The third-order valence-electron chi connectivity index (χ3n) is 5.42. The van der Waals surface area contributed by atoms with Crippen LogP contribution in [0, 0.1) is 13.8 Å². The molecule has 0 bridgehead atoms. The highest BCUT2D eigenvalue weighted by Gasteiger charge is 2.14. The predicted octanol–water partition coefficient (Wildman–Crippen LogP) is 5.01. The largest absolute Gasteiger partial charge is 0.390 e. The van der Waals surface area contributed by atoms with E-state index in [1.54, 1.807) is 0 Å². The van der Waals surface area contributed by atoms with Crippen LogP contribution in [0.5, 0.6) is 0 Å².